The average Bonchev–Trinajstić information content (AvgIpc) is 3.04. The summed E-state index contributed by atoms with van der Waals surface area (Å²) >= 11 is 0. The number of rotatable bonds is 2. The largest absolute Gasteiger partial charge is 0.349 e. The number of fused-ring (bicyclic) bond motifs is 4. The molecule has 0 radical (unpaired) electrons. The average molecular weight is 359 g/mol. The molecule has 0 aromatic heterocycles. The van der Waals surface area contributed by atoms with Gasteiger partial charge in [-0.3, -0.25) is 9.59 Å². The summed E-state index contributed by atoms with van der Waals surface area (Å²) < 4.78 is 0. The van der Waals surface area contributed by atoms with Crippen molar-refractivity contribution in [2.45, 2.75) is 73.6 Å². The molecule has 0 aromatic carbocycles. The molecule has 4 fully saturated rings. The first-order chi connectivity index (χ1) is 11.9. The Kier molecular flexibility index (Phi) is 3.20. The Bertz CT molecular complexity index is 779. The van der Waals surface area contributed by atoms with Crippen molar-refractivity contribution in [3.05, 3.63) is 0 Å². The van der Waals surface area contributed by atoms with Gasteiger partial charge in [-0.2, -0.15) is 0 Å². The highest BCUT2D eigenvalue weighted by Crippen LogP contribution is 2.69. The molecule has 0 saturated heterocycles. The quantitative estimate of drug-likeness (QED) is 0.326. The second kappa shape index (κ2) is 4.66. The van der Waals surface area contributed by atoms with Crippen molar-refractivity contribution in [2.75, 3.05) is 0 Å². The first kappa shape index (κ1) is 17.9. The molecule has 5 heteroatoms. The highest BCUT2D eigenvalue weighted by molar-refractivity contribution is 6.48. The van der Waals surface area contributed by atoms with Gasteiger partial charge in [-0.15, -0.1) is 0 Å². The van der Waals surface area contributed by atoms with E-state index in [1.54, 1.807) is 6.92 Å². The molecule has 0 aromatic rings. The van der Waals surface area contributed by atoms with Crippen molar-refractivity contribution in [3.8, 4) is 0 Å². The van der Waals surface area contributed by atoms with Crippen LogP contribution in [0, 0.1) is 33.0 Å². The summed E-state index contributed by atoms with van der Waals surface area (Å²) in [5.41, 5.74) is -1.90. The molecule has 0 heterocycles. The highest BCUT2D eigenvalue weighted by atomic mass is 16.7. The molecule has 4 bridgehead atoms. The third-order valence-corrected chi connectivity index (χ3v) is 9.64. The third-order valence-electron chi connectivity index (χ3n) is 9.64. The maximum absolute atomic E-state index is 13.1. The summed E-state index contributed by atoms with van der Waals surface area (Å²) in [6.45, 7) is 12.2. The lowest BCUT2D eigenvalue weighted by molar-refractivity contribution is -0.165. The summed E-state index contributed by atoms with van der Waals surface area (Å²) in [4.78, 5) is 43.7. The monoisotopic (exact) mass is 359 g/mol. The van der Waals surface area contributed by atoms with Gasteiger partial charge in [0.05, 0.1) is 5.71 Å². The highest BCUT2D eigenvalue weighted by Gasteiger charge is 2.79. The lowest BCUT2D eigenvalue weighted by atomic mass is 9.65. The second-order valence-corrected chi connectivity index (χ2v) is 10.4. The molecule has 4 aliphatic rings. The van der Waals surface area contributed by atoms with Gasteiger partial charge in [-0.25, -0.2) is 4.79 Å². The van der Waals surface area contributed by atoms with Crippen LogP contribution in [0.2, 0.25) is 0 Å². The van der Waals surface area contributed by atoms with Crippen molar-refractivity contribution in [3.63, 3.8) is 0 Å². The lowest BCUT2D eigenvalue weighted by Gasteiger charge is -2.36. The first-order valence-corrected chi connectivity index (χ1v) is 9.74. The van der Waals surface area contributed by atoms with E-state index in [-0.39, 0.29) is 10.8 Å². The molecular weight excluding hydrogens is 330 g/mol. The predicted octanol–water partition coefficient (Wildman–Crippen LogP) is 3.70. The van der Waals surface area contributed by atoms with Crippen LogP contribution in [0.1, 0.15) is 73.6 Å². The Morgan fingerprint density at radius 2 is 1.62 bits per heavy atom. The summed E-state index contributed by atoms with van der Waals surface area (Å²) in [7, 11) is 0. The zero-order chi connectivity index (χ0) is 19.3. The topological polar surface area (TPSA) is 72.8 Å². The zero-order valence-electron chi connectivity index (χ0n) is 16.7. The van der Waals surface area contributed by atoms with E-state index in [1.165, 1.54) is 6.42 Å². The van der Waals surface area contributed by atoms with E-state index in [2.05, 4.69) is 25.9 Å². The van der Waals surface area contributed by atoms with E-state index in [0.29, 0.717) is 18.8 Å². The minimum absolute atomic E-state index is 0.0647. The standard InChI is InChI=1S/C21H29NO4/c1-17(2)12-7-8-19(17,5)13(11-12)22-26-16(25)21-10-9-20(6,18(21,3)4)14(23)15(21)24/h12H,7-11H2,1-6H3/b22-13+. The number of hydrogen-bond acceptors (Lipinski definition) is 5. The van der Waals surface area contributed by atoms with Gasteiger partial charge in [0.2, 0.25) is 11.6 Å². The van der Waals surface area contributed by atoms with E-state index in [4.69, 9.17) is 4.84 Å². The van der Waals surface area contributed by atoms with Crippen LogP contribution in [0.25, 0.3) is 0 Å². The van der Waals surface area contributed by atoms with Crippen LogP contribution in [-0.4, -0.2) is 23.2 Å². The van der Waals surface area contributed by atoms with E-state index in [9.17, 15) is 14.4 Å². The van der Waals surface area contributed by atoms with Crippen LogP contribution >= 0.6 is 0 Å². The molecular formula is C21H29NO4. The molecule has 5 nitrogen and oxygen atoms in total. The van der Waals surface area contributed by atoms with Crippen LogP contribution in [-0.2, 0) is 19.2 Å². The van der Waals surface area contributed by atoms with Gasteiger partial charge in [0.25, 0.3) is 0 Å². The molecule has 0 aliphatic heterocycles. The Balaban J connectivity index is 1.65. The van der Waals surface area contributed by atoms with Gasteiger partial charge in [0.1, 0.15) is 5.41 Å². The summed E-state index contributed by atoms with van der Waals surface area (Å²) in [6, 6.07) is 0. The van der Waals surface area contributed by atoms with Gasteiger partial charge in [0.15, 0.2) is 0 Å². The zero-order valence-corrected chi connectivity index (χ0v) is 16.7. The molecule has 4 rings (SSSR count). The Hall–Kier alpha value is -1.52. The van der Waals surface area contributed by atoms with E-state index in [0.717, 1.165) is 18.6 Å². The molecule has 142 valence electrons. The molecule has 4 aliphatic carbocycles. The first-order valence-electron chi connectivity index (χ1n) is 9.74. The van der Waals surface area contributed by atoms with Gasteiger partial charge < -0.3 is 4.84 Å². The summed E-state index contributed by atoms with van der Waals surface area (Å²) in [5, 5.41) is 4.28. The molecule has 0 N–H and O–H groups in total. The van der Waals surface area contributed by atoms with Crippen LogP contribution in [0.3, 0.4) is 0 Å². The second-order valence-electron chi connectivity index (χ2n) is 10.4. The van der Waals surface area contributed by atoms with Gasteiger partial charge in [-0.05, 0) is 43.4 Å². The van der Waals surface area contributed by atoms with Crippen LogP contribution < -0.4 is 0 Å². The molecule has 4 unspecified atom stereocenters. The minimum Gasteiger partial charge on any atom is -0.317 e. The van der Waals surface area contributed by atoms with Crippen molar-refractivity contribution in [1.29, 1.82) is 0 Å². The van der Waals surface area contributed by atoms with E-state index < -0.39 is 33.8 Å². The van der Waals surface area contributed by atoms with E-state index in [1.807, 2.05) is 13.8 Å². The number of hydrogen-bond donors (Lipinski definition) is 0. The number of carbonyl (C=O) groups excluding carboxylic acids is 3. The molecule has 26 heavy (non-hydrogen) atoms. The minimum atomic E-state index is -1.38. The van der Waals surface area contributed by atoms with E-state index >= 15 is 0 Å². The number of nitrogens with zero attached hydrogens (tertiary/aromatic N) is 1. The number of carbonyl (C=O) groups is 3. The number of ketones is 2. The Labute approximate surface area is 154 Å². The SMILES string of the molecule is CC12CCC(C(=O)O/N=C3\CC4CCC3(C)C4(C)C)(C(=O)C1=O)C2(C)C. The third kappa shape index (κ3) is 1.56. The molecule has 4 saturated carbocycles. The lowest BCUT2D eigenvalue weighted by Crippen LogP contribution is -2.45. The molecule has 0 amide bonds. The Morgan fingerprint density at radius 3 is 2.08 bits per heavy atom. The van der Waals surface area contributed by atoms with Crippen LogP contribution in [0.5, 0.6) is 0 Å². The summed E-state index contributed by atoms with van der Waals surface area (Å²) in [6.07, 6.45) is 3.99. The molecule has 0 spiro atoms. The fourth-order valence-electron chi connectivity index (χ4n) is 6.46. The van der Waals surface area contributed by atoms with Crippen molar-refractivity contribution < 1.29 is 19.2 Å². The van der Waals surface area contributed by atoms with Crippen molar-refractivity contribution >= 4 is 23.2 Å². The van der Waals surface area contributed by atoms with Gasteiger partial charge in [-0.1, -0.05) is 46.7 Å². The maximum Gasteiger partial charge on any atom is 0.349 e. The smallest absolute Gasteiger partial charge is 0.317 e. The number of Topliss-reactive ketones (excluding diaryl/α,β-unsaturated/α-hetero) is 2. The van der Waals surface area contributed by atoms with Gasteiger partial charge >= 0.3 is 5.97 Å². The fourth-order valence-corrected chi connectivity index (χ4v) is 6.46. The Morgan fingerprint density at radius 1 is 0.962 bits per heavy atom. The molecule has 4 atom stereocenters. The predicted molar refractivity (Wildman–Crippen MR) is 96.3 cm³/mol. The number of oxime groups is 1. The van der Waals surface area contributed by atoms with Gasteiger partial charge in [0, 0.05) is 16.2 Å². The summed E-state index contributed by atoms with van der Waals surface area (Å²) in [5.74, 6) is -1.09. The maximum atomic E-state index is 13.1. The van der Waals surface area contributed by atoms with Crippen molar-refractivity contribution in [2.24, 2.45) is 38.1 Å². The normalized spacial score (nSPS) is 46.4. The van der Waals surface area contributed by atoms with Crippen molar-refractivity contribution in [1.82, 2.24) is 0 Å². The fraction of sp³-hybridized carbons (Fsp3) is 0.810. The van der Waals surface area contributed by atoms with Crippen LogP contribution in [0.4, 0.5) is 0 Å². The van der Waals surface area contributed by atoms with Crippen LogP contribution in [0.15, 0.2) is 5.16 Å².